The van der Waals surface area contributed by atoms with E-state index >= 15 is 0 Å². The van der Waals surface area contributed by atoms with Gasteiger partial charge in [-0.1, -0.05) is 35.2 Å². The molecule has 0 aromatic heterocycles. The van der Waals surface area contributed by atoms with E-state index in [2.05, 4.69) is 37.2 Å². The average Bonchev–Trinajstić information content (AvgIpc) is 2.41. The molecule has 19 heavy (non-hydrogen) atoms. The lowest BCUT2D eigenvalue weighted by Gasteiger charge is -2.21. The van der Waals surface area contributed by atoms with Gasteiger partial charge in [-0.25, -0.2) is 0 Å². The summed E-state index contributed by atoms with van der Waals surface area (Å²) in [5.74, 6) is -0.103. The minimum Gasteiger partial charge on any atom is -0.368 e. The van der Waals surface area contributed by atoms with Gasteiger partial charge in [0.25, 0.3) is 0 Å². The second-order valence-electron chi connectivity index (χ2n) is 4.74. The number of hydrogen-bond donors (Lipinski definition) is 1. The van der Waals surface area contributed by atoms with Crippen LogP contribution >= 0.6 is 31.9 Å². The Kier molecular flexibility index (Phi) is 5.85. The molecule has 0 spiro atoms. The smallest absolute Gasteiger partial charge is 0.250 e. The van der Waals surface area contributed by atoms with Crippen LogP contribution in [0, 0.1) is 0 Å². The summed E-state index contributed by atoms with van der Waals surface area (Å²) in [4.78, 5) is 11.8. The van der Waals surface area contributed by atoms with E-state index < -0.39 is 0 Å². The summed E-state index contributed by atoms with van der Waals surface area (Å²) in [5, 5.41) is 2.85. The van der Waals surface area contributed by atoms with Gasteiger partial charge in [-0.05, 0) is 47.0 Å². The van der Waals surface area contributed by atoms with Crippen LogP contribution in [0.1, 0.15) is 32.1 Å². The fourth-order valence-electron chi connectivity index (χ4n) is 2.20. The molecule has 1 saturated carbocycles. The van der Waals surface area contributed by atoms with Crippen molar-refractivity contribution in [2.24, 2.45) is 0 Å². The van der Waals surface area contributed by atoms with Crippen molar-refractivity contribution >= 4 is 43.5 Å². The van der Waals surface area contributed by atoms with Crippen molar-refractivity contribution in [1.29, 1.82) is 0 Å². The van der Waals surface area contributed by atoms with Crippen molar-refractivity contribution in [2.45, 2.75) is 38.2 Å². The van der Waals surface area contributed by atoms with Crippen LogP contribution in [-0.4, -0.2) is 18.6 Å². The summed E-state index contributed by atoms with van der Waals surface area (Å²) < 4.78 is 7.47. The van der Waals surface area contributed by atoms with Crippen LogP contribution < -0.4 is 5.32 Å². The number of carbonyl (C=O) groups excluding carboxylic acids is 1. The SMILES string of the molecule is O=C(COC1CCCCC1)Nc1ccc(Br)cc1Br. The van der Waals surface area contributed by atoms with Gasteiger partial charge in [-0.2, -0.15) is 0 Å². The summed E-state index contributed by atoms with van der Waals surface area (Å²) in [6.07, 6.45) is 6.13. The van der Waals surface area contributed by atoms with Crippen LogP contribution in [0.5, 0.6) is 0 Å². The van der Waals surface area contributed by atoms with Gasteiger partial charge in [0.15, 0.2) is 0 Å². The van der Waals surface area contributed by atoms with Crippen molar-refractivity contribution in [3.63, 3.8) is 0 Å². The molecule has 1 aromatic carbocycles. The Morgan fingerprint density at radius 2 is 2.00 bits per heavy atom. The number of ether oxygens (including phenoxy) is 1. The van der Waals surface area contributed by atoms with E-state index in [-0.39, 0.29) is 18.6 Å². The number of benzene rings is 1. The normalized spacial score (nSPS) is 16.3. The second-order valence-corrected chi connectivity index (χ2v) is 6.51. The molecule has 1 fully saturated rings. The van der Waals surface area contributed by atoms with Crippen LogP contribution in [0.4, 0.5) is 5.69 Å². The van der Waals surface area contributed by atoms with Crippen LogP contribution in [0.25, 0.3) is 0 Å². The topological polar surface area (TPSA) is 38.3 Å². The first-order valence-corrected chi connectivity index (χ1v) is 8.10. The van der Waals surface area contributed by atoms with Gasteiger partial charge < -0.3 is 10.1 Å². The van der Waals surface area contributed by atoms with Crippen LogP contribution in [0.15, 0.2) is 27.1 Å². The minimum absolute atomic E-state index is 0.103. The van der Waals surface area contributed by atoms with Gasteiger partial charge in [0.2, 0.25) is 5.91 Å². The fraction of sp³-hybridized carbons (Fsp3) is 0.500. The lowest BCUT2D eigenvalue weighted by molar-refractivity contribution is -0.123. The molecule has 0 atom stereocenters. The van der Waals surface area contributed by atoms with E-state index in [0.717, 1.165) is 27.5 Å². The van der Waals surface area contributed by atoms with Crippen LogP contribution in [0.3, 0.4) is 0 Å². The van der Waals surface area contributed by atoms with Gasteiger partial charge in [0, 0.05) is 8.95 Å². The molecule has 5 heteroatoms. The molecule has 1 amide bonds. The second kappa shape index (κ2) is 7.41. The largest absolute Gasteiger partial charge is 0.368 e. The summed E-state index contributed by atoms with van der Waals surface area (Å²) in [6, 6.07) is 5.65. The molecule has 1 aromatic rings. The molecule has 0 saturated heterocycles. The lowest BCUT2D eigenvalue weighted by atomic mass is 9.98. The number of anilines is 1. The molecule has 1 aliphatic carbocycles. The van der Waals surface area contributed by atoms with E-state index in [1.54, 1.807) is 0 Å². The third-order valence-corrected chi connectivity index (χ3v) is 4.36. The predicted molar refractivity (Wildman–Crippen MR) is 83.3 cm³/mol. The Balaban J connectivity index is 1.80. The molecule has 2 rings (SSSR count). The molecule has 104 valence electrons. The summed E-state index contributed by atoms with van der Waals surface area (Å²) in [5.41, 5.74) is 0.764. The highest BCUT2D eigenvalue weighted by Gasteiger charge is 2.15. The van der Waals surface area contributed by atoms with E-state index in [4.69, 9.17) is 4.74 Å². The Labute approximate surface area is 130 Å². The number of halogens is 2. The number of nitrogens with one attached hydrogen (secondary N) is 1. The zero-order chi connectivity index (χ0) is 13.7. The summed E-state index contributed by atoms with van der Waals surface area (Å²) in [7, 11) is 0. The van der Waals surface area contributed by atoms with E-state index in [1.165, 1.54) is 19.3 Å². The molecular formula is C14H17Br2NO2. The first-order valence-electron chi connectivity index (χ1n) is 6.51. The first kappa shape index (κ1) is 15.0. The molecule has 0 radical (unpaired) electrons. The van der Waals surface area contributed by atoms with E-state index in [9.17, 15) is 4.79 Å². The zero-order valence-electron chi connectivity index (χ0n) is 10.6. The molecule has 3 nitrogen and oxygen atoms in total. The summed E-state index contributed by atoms with van der Waals surface area (Å²) >= 11 is 6.80. The van der Waals surface area contributed by atoms with Gasteiger partial charge in [-0.3, -0.25) is 4.79 Å². The van der Waals surface area contributed by atoms with Crippen molar-refractivity contribution in [3.8, 4) is 0 Å². The maximum atomic E-state index is 11.8. The molecule has 0 aliphatic heterocycles. The maximum absolute atomic E-state index is 11.8. The lowest BCUT2D eigenvalue weighted by Crippen LogP contribution is -2.24. The van der Waals surface area contributed by atoms with Gasteiger partial charge in [-0.15, -0.1) is 0 Å². The standard InChI is InChI=1S/C14H17Br2NO2/c15-10-6-7-13(12(16)8-10)17-14(18)9-19-11-4-2-1-3-5-11/h6-8,11H,1-5,9H2,(H,17,18). The Morgan fingerprint density at radius 1 is 1.26 bits per heavy atom. The van der Waals surface area contributed by atoms with Crippen LogP contribution in [-0.2, 0) is 9.53 Å². The Hall–Kier alpha value is -0.390. The van der Waals surface area contributed by atoms with E-state index in [0.29, 0.717) is 0 Å². The highest BCUT2D eigenvalue weighted by molar-refractivity contribution is 9.11. The number of amides is 1. The number of carbonyl (C=O) groups is 1. The first-order chi connectivity index (χ1) is 9.15. The molecule has 1 N–H and O–H groups in total. The van der Waals surface area contributed by atoms with E-state index in [1.807, 2.05) is 18.2 Å². The molecule has 1 aliphatic rings. The van der Waals surface area contributed by atoms with Crippen LogP contribution in [0.2, 0.25) is 0 Å². The average molecular weight is 391 g/mol. The number of rotatable bonds is 4. The molecule has 0 heterocycles. The van der Waals surface area contributed by atoms with Gasteiger partial charge >= 0.3 is 0 Å². The highest BCUT2D eigenvalue weighted by atomic mass is 79.9. The van der Waals surface area contributed by atoms with Crippen molar-refractivity contribution in [3.05, 3.63) is 27.1 Å². The minimum atomic E-state index is -0.103. The highest BCUT2D eigenvalue weighted by Crippen LogP contribution is 2.26. The van der Waals surface area contributed by atoms with Gasteiger partial charge in [0.1, 0.15) is 6.61 Å². The quantitative estimate of drug-likeness (QED) is 0.821. The monoisotopic (exact) mass is 389 g/mol. The zero-order valence-corrected chi connectivity index (χ0v) is 13.8. The van der Waals surface area contributed by atoms with Crippen molar-refractivity contribution in [2.75, 3.05) is 11.9 Å². The molecule has 0 unspecified atom stereocenters. The van der Waals surface area contributed by atoms with Gasteiger partial charge in [0.05, 0.1) is 11.8 Å². The predicted octanol–water partition coefficient (Wildman–Crippen LogP) is 4.50. The van der Waals surface area contributed by atoms with Crippen molar-refractivity contribution < 1.29 is 9.53 Å². The number of hydrogen-bond acceptors (Lipinski definition) is 2. The fourth-order valence-corrected chi connectivity index (χ4v) is 3.35. The maximum Gasteiger partial charge on any atom is 0.250 e. The third-order valence-electron chi connectivity index (χ3n) is 3.21. The molecular weight excluding hydrogens is 374 g/mol. The summed E-state index contributed by atoms with van der Waals surface area (Å²) in [6.45, 7) is 0.132. The Bertz CT molecular complexity index is 445. The third kappa shape index (κ3) is 4.89. The molecule has 0 bridgehead atoms. The van der Waals surface area contributed by atoms with Crippen molar-refractivity contribution in [1.82, 2.24) is 0 Å². The Morgan fingerprint density at radius 3 is 2.68 bits per heavy atom.